The Kier molecular flexibility index (Phi) is 3.58. The second-order valence-corrected chi connectivity index (χ2v) is 8.58. The summed E-state index contributed by atoms with van der Waals surface area (Å²) in [6, 6.07) is 0. The van der Waals surface area contributed by atoms with Crippen LogP contribution in [0, 0.1) is 35.0 Å². The van der Waals surface area contributed by atoms with Crippen molar-refractivity contribution < 1.29 is 14.3 Å². The molecule has 3 nitrogen and oxygen atoms in total. The lowest BCUT2D eigenvalue weighted by molar-refractivity contribution is -0.146. The van der Waals surface area contributed by atoms with Gasteiger partial charge >= 0.3 is 5.97 Å². The van der Waals surface area contributed by atoms with Crippen molar-refractivity contribution in [3.8, 4) is 0 Å². The molecule has 0 saturated heterocycles. The lowest BCUT2D eigenvalue weighted by Crippen LogP contribution is -2.46. The Bertz CT molecular complexity index is 446. The molecule has 4 bridgehead atoms. The predicted molar refractivity (Wildman–Crippen MR) is 83.1 cm³/mol. The van der Waals surface area contributed by atoms with Gasteiger partial charge in [-0.15, -0.1) is 0 Å². The molecule has 122 valence electrons. The Morgan fingerprint density at radius 2 is 1.55 bits per heavy atom. The fraction of sp³-hybridized carbons (Fsp3) is 0.895. The molecule has 0 aromatic rings. The van der Waals surface area contributed by atoms with Crippen LogP contribution >= 0.6 is 0 Å². The smallest absolute Gasteiger partial charge is 0.309 e. The maximum Gasteiger partial charge on any atom is 0.309 e. The molecule has 2 atom stereocenters. The van der Waals surface area contributed by atoms with Gasteiger partial charge in [0.25, 0.3) is 0 Å². The first-order valence-electron chi connectivity index (χ1n) is 9.28. The second kappa shape index (κ2) is 5.35. The van der Waals surface area contributed by atoms with Crippen molar-refractivity contribution in [2.75, 3.05) is 6.61 Å². The summed E-state index contributed by atoms with van der Waals surface area (Å²) in [7, 11) is 0. The summed E-state index contributed by atoms with van der Waals surface area (Å²) in [5.74, 6) is 2.89. The van der Waals surface area contributed by atoms with Gasteiger partial charge in [0.05, 0.1) is 12.5 Å². The van der Waals surface area contributed by atoms with E-state index in [4.69, 9.17) is 4.74 Å². The van der Waals surface area contributed by atoms with E-state index in [1.54, 1.807) is 0 Å². The molecule has 0 aromatic carbocycles. The molecule has 5 rings (SSSR count). The largest absolute Gasteiger partial charge is 0.466 e. The van der Waals surface area contributed by atoms with E-state index in [1.165, 1.54) is 38.5 Å². The van der Waals surface area contributed by atoms with E-state index in [0.29, 0.717) is 24.2 Å². The summed E-state index contributed by atoms with van der Waals surface area (Å²) in [4.78, 5) is 24.1. The van der Waals surface area contributed by atoms with Gasteiger partial charge in [0.2, 0.25) is 0 Å². The summed E-state index contributed by atoms with van der Waals surface area (Å²) < 4.78 is 5.03. The van der Waals surface area contributed by atoms with Gasteiger partial charge in [0, 0.05) is 12.3 Å². The van der Waals surface area contributed by atoms with Crippen molar-refractivity contribution in [3.63, 3.8) is 0 Å². The monoisotopic (exact) mass is 304 g/mol. The fourth-order valence-corrected chi connectivity index (χ4v) is 6.23. The third-order valence-electron chi connectivity index (χ3n) is 6.86. The van der Waals surface area contributed by atoms with Gasteiger partial charge in [-0.3, -0.25) is 9.59 Å². The lowest BCUT2D eigenvalue weighted by Gasteiger charge is -2.57. The van der Waals surface area contributed by atoms with Crippen LogP contribution in [0.15, 0.2) is 0 Å². The van der Waals surface area contributed by atoms with Crippen LogP contribution in [0.3, 0.4) is 0 Å². The van der Waals surface area contributed by atoms with E-state index in [-0.39, 0.29) is 17.8 Å². The van der Waals surface area contributed by atoms with Crippen LogP contribution in [0.1, 0.15) is 64.7 Å². The van der Waals surface area contributed by atoms with Crippen molar-refractivity contribution in [3.05, 3.63) is 0 Å². The van der Waals surface area contributed by atoms with Crippen LogP contribution in [0.2, 0.25) is 0 Å². The molecule has 0 radical (unpaired) electrons. The zero-order valence-corrected chi connectivity index (χ0v) is 13.7. The number of carbonyl (C=O) groups is 2. The average Bonchev–Trinajstić information content (AvgIpc) is 3.24. The lowest BCUT2D eigenvalue weighted by atomic mass is 9.48. The molecule has 0 N–H and O–H groups in total. The fourth-order valence-electron chi connectivity index (χ4n) is 6.23. The number of ether oxygens (including phenoxy) is 1. The van der Waals surface area contributed by atoms with Crippen molar-refractivity contribution >= 4 is 11.8 Å². The molecule has 5 saturated carbocycles. The Hall–Kier alpha value is -0.860. The molecule has 3 heteroatoms. The Balaban J connectivity index is 1.30. The quantitative estimate of drug-likeness (QED) is 0.702. The highest BCUT2D eigenvalue weighted by Crippen LogP contribution is 2.61. The molecule has 0 aliphatic heterocycles. The number of rotatable bonds is 6. The average molecular weight is 304 g/mol. The third-order valence-corrected chi connectivity index (χ3v) is 6.86. The zero-order chi connectivity index (χ0) is 15.3. The van der Waals surface area contributed by atoms with Gasteiger partial charge in [0.15, 0.2) is 0 Å². The standard InChI is InChI=1S/C19H28O3/c1-2-22-18(21)16-8-15(16)17(20)3-4-19-9-12-5-13(10-19)7-14(6-12)11-19/h12-16H,2-11H2,1H3/t12?,13?,14?,15-,16-,19?/m0/s1. The van der Waals surface area contributed by atoms with Gasteiger partial charge in [-0.25, -0.2) is 0 Å². The molecule has 0 heterocycles. The normalized spacial score (nSPS) is 44.9. The van der Waals surface area contributed by atoms with Crippen molar-refractivity contribution in [1.82, 2.24) is 0 Å². The molecule has 0 unspecified atom stereocenters. The summed E-state index contributed by atoms with van der Waals surface area (Å²) in [6.07, 6.45) is 11.0. The van der Waals surface area contributed by atoms with Gasteiger partial charge < -0.3 is 4.74 Å². The molecule has 5 fully saturated rings. The van der Waals surface area contributed by atoms with Gasteiger partial charge in [-0.2, -0.15) is 0 Å². The van der Waals surface area contributed by atoms with Crippen LogP contribution in [0.4, 0.5) is 0 Å². The number of hydrogen-bond acceptors (Lipinski definition) is 3. The maximum atomic E-state index is 12.4. The minimum Gasteiger partial charge on any atom is -0.466 e. The van der Waals surface area contributed by atoms with Crippen LogP contribution in [-0.2, 0) is 14.3 Å². The van der Waals surface area contributed by atoms with Crippen LogP contribution in [0.25, 0.3) is 0 Å². The second-order valence-electron chi connectivity index (χ2n) is 8.58. The van der Waals surface area contributed by atoms with E-state index in [1.807, 2.05) is 6.92 Å². The van der Waals surface area contributed by atoms with Gasteiger partial charge in [-0.05, 0) is 81.5 Å². The van der Waals surface area contributed by atoms with Crippen LogP contribution < -0.4 is 0 Å². The molecule has 22 heavy (non-hydrogen) atoms. The number of Topliss-reactive ketones (excluding diaryl/α,β-unsaturated/α-hetero) is 1. The summed E-state index contributed by atoms with van der Waals surface area (Å²) in [5.41, 5.74) is 0.485. The van der Waals surface area contributed by atoms with Crippen LogP contribution in [0.5, 0.6) is 0 Å². The first kappa shape index (κ1) is 14.7. The molecule has 5 aliphatic rings. The maximum absolute atomic E-state index is 12.4. The minimum absolute atomic E-state index is 0.0204. The number of esters is 1. The van der Waals surface area contributed by atoms with Crippen molar-refractivity contribution in [2.45, 2.75) is 64.7 Å². The number of hydrogen-bond donors (Lipinski definition) is 0. The van der Waals surface area contributed by atoms with Crippen molar-refractivity contribution in [2.24, 2.45) is 35.0 Å². The number of ketones is 1. The van der Waals surface area contributed by atoms with E-state index in [9.17, 15) is 9.59 Å². The first-order chi connectivity index (χ1) is 10.6. The Labute approximate surface area is 133 Å². The molecule has 0 spiro atoms. The first-order valence-corrected chi connectivity index (χ1v) is 9.28. The molecule has 0 amide bonds. The van der Waals surface area contributed by atoms with E-state index in [2.05, 4.69) is 0 Å². The Morgan fingerprint density at radius 3 is 2.09 bits per heavy atom. The van der Waals surface area contributed by atoms with Gasteiger partial charge in [-0.1, -0.05) is 0 Å². The molecule has 0 aromatic heterocycles. The van der Waals surface area contributed by atoms with E-state index in [0.717, 1.165) is 30.6 Å². The van der Waals surface area contributed by atoms with Gasteiger partial charge in [0.1, 0.15) is 5.78 Å². The number of carbonyl (C=O) groups excluding carboxylic acids is 2. The van der Waals surface area contributed by atoms with Crippen LogP contribution in [-0.4, -0.2) is 18.4 Å². The summed E-state index contributed by atoms with van der Waals surface area (Å²) >= 11 is 0. The van der Waals surface area contributed by atoms with E-state index >= 15 is 0 Å². The summed E-state index contributed by atoms with van der Waals surface area (Å²) in [6.45, 7) is 2.24. The topological polar surface area (TPSA) is 43.4 Å². The summed E-state index contributed by atoms with van der Waals surface area (Å²) in [5, 5.41) is 0. The van der Waals surface area contributed by atoms with Crippen molar-refractivity contribution in [1.29, 1.82) is 0 Å². The molecular weight excluding hydrogens is 276 g/mol. The highest BCUT2D eigenvalue weighted by molar-refractivity contribution is 5.91. The minimum atomic E-state index is -0.157. The van der Waals surface area contributed by atoms with E-state index < -0.39 is 0 Å². The molecule has 5 aliphatic carbocycles. The molecular formula is C19H28O3. The predicted octanol–water partition coefficient (Wildman–Crippen LogP) is 3.75. The Morgan fingerprint density at radius 1 is 0.955 bits per heavy atom. The zero-order valence-electron chi connectivity index (χ0n) is 13.7. The highest BCUT2D eigenvalue weighted by atomic mass is 16.5. The third kappa shape index (κ3) is 2.61. The highest BCUT2D eigenvalue weighted by Gasteiger charge is 2.52. The SMILES string of the molecule is CCOC(=O)[C@H]1C[C@@H]1C(=O)CCC12CC3CC(CC(C3)C1)C2.